The van der Waals surface area contributed by atoms with Gasteiger partial charge in [-0.3, -0.25) is 0 Å². The highest BCUT2D eigenvalue weighted by molar-refractivity contribution is 5.47. The van der Waals surface area contributed by atoms with E-state index in [0.29, 0.717) is 18.1 Å². The third-order valence-corrected chi connectivity index (χ3v) is 4.23. The van der Waals surface area contributed by atoms with E-state index in [9.17, 15) is 0 Å². The monoisotopic (exact) mass is 243 g/mol. The third-order valence-electron chi connectivity index (χ3n) is 4.23. The summed E-state index contributed by atoms with van der Waals surface area (Å²) in [5.41, 5.74) is 7.02. The van der Waals surface area contributed by atoms with Gasteiger partial charge in [-0.15, -0.1) is 5.10 Å². The molecule has 2 aromatic rings. The smallest absolute Gasteiger partial charge is 0.246 e. The van der Waals surface area contributed by atoms with Crippen molar-refractivity contribution < 1.29 is 0 Å². The standard InChI is InChI=1S/C13H17N5/c14-9-7-10-4-5-11(8-9)18(10)13-15-12-3-1-2-6-17(12)16-13/h1-3,6,9-11H,4-5,7-8,14H2. The maximum atomic E-state index is 6.10. The van der Waals surface area contributed by atoms with Crippen LogP contribution < -0.4 is 10.6 Å². The van der Waals surface area contributed by atoms with Gasteiger partial charge in [-0.25, -0.2) is 4.52 Å². The molecule has 4 heterocycles. The van der Waals surface area contributed by atoms with Crippen molar-refractivity contribution in [3.8, 4) is 0 Å². The van der Waals surface area contributed by atoms with Crippen LogP contribution in [0.2, 0.25) is 0 Å². The minimum atomic E-state index is 0.357. The van der Waals surface area contributed by atoms with E-state index in [1.807, 2.05) is 28.9 Å². The molecular formula is C13H17N5. The summed E-state index contributed by atoms with van der Waals surface area (Å²) in [6.07, 6.45) is 6.56. The van der Waals surface area contributed by atoms with E-state index in [4.69, 9.17) is 5.73 Å². The number of hydrogen-bond donors (Lipinski definition) is 1. The first-order valence-corrected chi connectivity index (χ1v) is 6.66. The van der Waals surface area contributed by atoms with Crippen molar-refractivity contribution in [2.75, 3.05) is 4.90 Å². The van der Waals surface area contributed by atoms with E-state index in [-0.39, 0.29) is 0 Å². The fourth-order valence-corrected chi connectivity index (χ4v) is 3.47. The number of piperidine rings is 1. The van der Waals surface area contributed by atoms with Crippen molar-refractivity contribution in [3.05, 3.63) is 24.4 Å². The van der Waals surface area contributed by atoms with E-state index < -0.39 is 0 Å². The van der Waals surface area contributed by atoms with E-state index in [1.165, 1.54) is 12.8 Å². The molecule has 2 bridgehead atoms. The highest BCUT2D eigenvalue weighted by Gasteiger charge is 2.41. The summed E-state index contributed by atoms with van der Waals surface area (Å²) in [6.45, 7) is 0. The van der Waals surface area contributed by atoms with Crippen LogP contribution >= 0.6 is 0 Å². The molecule has 4 rings (SSSR count). The summed E-state index contributed by atoms with van der Waals surface area (Å²) in [4.78, 5) is 7.04. The quantitative estimate of drug-likeness (QED) is 0.817. The van der Waals surface area contributed by atoms with Crippen LogP contribution in [-0.2, 0) is 0 Å². The van der Waals surface area contributed by atoms with Crippen LogP contribution in [0, 0.1) is 0 Å². The average molecular weight is 243 g/mol. The van der Waals surface area contributed by atoms with E-state index in [0.717, 1.165) is 24.4 Å². The van der Waals surface area contributed by atoms with Crippen molar-refractivity contribution in [1.29, 1.82) is 0 Å². The molecule has 5 heteroatoms. The molecule has 2 fully saturated rings. The molecule has 2 aliphatic rings. The fraction of sp³-hybridized carbons (Fsp3) is 0.538. The number of pyridine rings is 1. The summed E-state index contributed by atoms with van der Waals surface area (Å²) in [5, 5.41) is 4.59. The van der Waals surface area contributed by atoms with Gasteiger partial charge in [-0.1, -0.05) is 6.07 Å². The zero-order valence-corrected chi connectivity index (χ0v) is 10.2. The van der Waals surface area contributed by atoms with Crippen LogP contribution in [-0.4, -0.2) is 32.7 Å². The molecule has 94 valence electrons. The zero-order chi connectivity index (χ0) is 12.1. The molecule has 0 spiro atoms. The van der Waals surface area contributed by atoms with Gasteiger partial charge in [0.05, 0.1) is 0 Å². The van der Waals surface area contributed by atoms with Gasteiger partial charge in [-0.05, 0) is 37.8 Å². The van der Waals surface area contributed by atoms with Gasteiger partial charge < -0.3 is 10.6 Å². The van der Waals surface area contributed by atoms with E-state index >= 15 is 0 Å². The van der Waals surface area contributed by atoms with Gasteiger partial charge >= 0.3 is 0 Å². The fourth-order valence-electron chi connectivity index (χ4n) is 3.47. The van der Waals surface area contributed by atoms with Crippen molar-refractivity contribution >= 4 is 11.6 Å². The lowest BCUT2D eigenvalue weighted by atomic mass is 9.99. The molecule has 0 amide bonds. The molecule has 0 radical (unpaired) electrons. The van der Waals surface area contributed by atoms with Crippen LogP contribution in [0.3, 0.4) is 0 Å². The van der Waals surface area contributed by atoms with E-state index in [2.05, 4.69) is 15.0 Å². The molecule has 2 unspecified atom stereocenters. The zero-order valence-electron chi connectivity index (χ0n) is 10.2. The highest BCUT2D eigenvalue weighted by Crippen LogP contribution is 2.37. The molecule has 18 heavy (non-hydrogen) atoms. The van der Waals surface area contributed by atoms with Crippen LogP contribution in [0.5, 0.6) is 0 Å². The lowest BCUT2D eigenvalue weighted by Crippen LogP contribution is -2.48. The van der Waals surface area contributed by atoms with Crippen molar-refractivity contribution in [3.63, 3.8) is 0 Å². The van der Waals surface area contributed by atoms with Crippen LogP contribution in [0.25, 0.3) is 5.65 Å². The van der Waals surface area contributed by atoms with Crippen LogP contribution in [0.4, 0.5) is 5.95 Å². The van der Waals surface area contributed by atoms with Gasteiger partial charge in [-0.2, -0.15) is 4.98 Å². The van der Waals surface area contributed by atoms with Gasteiger partial charge in [0.15, 0.2) is 5.65 Å². The van der Waals surface area contributed by atoms with Crippen molar-refractivity contribution in [1.82, 2.24) is 14.6 Å². The Kier molecular flexibility index (Phi) is 2.11. The number of anilines is 1. The number of hydrogen-bond acceptors (Lipinski definition) is 4. The Morgan fingerprint density at radius 1 is 1.17 bits per heavy atom. The first kappa shape index (κ1) is 10.3. The topological polar surface area (TPSA) is 59.5 Å². The number of fused-ring (bicyclic) bond motifs is 3. The van der Waals surface area contributed by atoms with Crippen LogP contribution in [0.1, 0.15) is 25.7 Å². The Morgan fingerprint density at radius 3 is 2.67 bits per heavy atom. The summed E-state index contributed by atoms with van der Waals surface area (Å²) in [5.74, 6) is 0.876. The molecule has 5 nitrogen and oxygen atoms in total. The predicted molar refractivity (Wildman–Crippen MR) is 69.5 cm³/mol. The van der Waals surface area contributed by atoms with Gasteiger partial charge in [0.2, 0.25) is 5.95 Å². The second-order valence-electron chi connectivity index (χ2n) is 5.44. The summed E-state index contributed by atoms with van der Waals surface area (Å²) < 4.78 is 1.85. The maximum Gasteiger partial charge on any atom is 0.246 e. The average Bonchev–Trinajstić information content (AvgIpc) is 2.88. The van der Waals surface area contributed by atoms with Crippen LogP contribution in [0.15, 0.2) is 24.4 Å². The van der Waals surface area contributed by atoms with Gasteiger partial charge in [0.25, 0.3) is 0 Å². The Hall–Kier alpha value is -1.62. The number of rotatable bonds is 1. The third kappa shape index (κ3) is 1.43. The molecule has 2 atom stereocenters. The lowest BCUT2D eigenvalue weighted by Gasteiger charge is -2.36. The molecular weight excluding hydrogens is 226 g/mol. The van der Waals surface area contributed by atoms with Gasteiger partial charge in [0.1, 0.15) is 0 Å². The summed E-state index contributed by atoms with van der Waals surface area (Å²) >= 11 is 0. The summed E-state index contributed by atoms with van der Waals surface area (Å²) in [7, 11) is 0. The molecule has 0 aromatic carbocycles. The Bertz CT molecular complexity index is 531. The van der Waals surface area contributed by atoms with Crippen molar-refractivity contribution in [2.24, 2.45) is 5.73 Å². The minimum Gasteiger partial charge on any atom is -0.333 e. The largest absolute Gasteiger partial charge is 0.333 e. The van der Waals surface area contributed by atoms with E-state index in [1.54, 1.807) is 0 Å². The number of nitrogens with two attached hydrogens (primary N) is 1. The first-order chi connectivity index (χ1) is 8.81. The Labute approximate surface area is 106 Å². The molecule has 2 N–H and O–H groups in total. The predicted octanol–water partition coefficient (Wildman–Crippen LogP) is 1.19. The number of nitrogens with zero attached hydrogens (tertiary/aromatic N) is 4. The molecule has 2 aliphatic heterocycles. The summed E-state index contributed by atoms with van der Waals surface area (Å²) in [6, 6.07) is 7.40. The Balaban J connectivity index is 1.74. The normalized spacial score (nSPS) is 31.2. The number of aromatic nitrogens is 3. The van der Waals surface area contributed by atoms with Gasteiger partial charge in [0, 0.05) is 24.3 Å². The second kappa shape index (κ2) is 3.68. The molecule has 2 aromatic heterocycles. The first-order valence-electron chi connectivity index (χ1n) is 6.66. The molecule has 0 aliphatic carbocycles. The second-order valence-corrected chi connectivity index (χ2v) is 5.44. The lowest BCUT2D eigenvalue weighted by molar-refractivity contribution is 0.409. The maximum absolute atomic E-state index is 6.10. The SMILES string of the molecule is NC1CC2CCC(C1)N2c1nc2ccccn2n1. The van der Waals surface area contributed by atoms with Crippen molar-refractivity contribution in [2.45, 2.75) is 43.8 Å². The minimum absolute atomic E-state index is 0.357. The molecule has 2 saturated heterocycles. The highest BCUT2D eigenvalue weighted by atomic mass is 15.4. The molecule has 0 saturated carbocycles. The Morgan fingerprint density at radius 2 is 1.94 bits per heavy atom.